The van der Waals surface area contributed by atoms with E-state index in [-0.39, 0.29) is 0 Å². The van der Waals surface area contributed by atoms with Gasteiger partial charge in [0.15, 0.2) is 0 Å². The monoisotopic (exact) mass is 383 g/mol. The van der Waals surface area contributed by atoms with Crippen molar-refractivity contribution in [3.05, 3.63) is 109 Å². The lowest BCUT2D eigenvalue weighted by molar-refractivity contribution is 0.0698. The maximum absolute atomic E-state index is 11.8. The van der Waals surface area contributed by atoms with E-state index >= 15 is 0 Å². The van der Waals surface area contributed by atoms with E-state index in [0.29, 0.717) is 5.56 Å². The van der Waals surface area contributed by atoms with Gasteiger partial charge in [0, 0.05) is 12.4 Å². The van der Waals surface area contributed by atoms with Gasteiger partial charge in [-0.3, -0.25) is 4.98 Å². The normalized spacial score (nSPS) is 11.7. The maximum atomic E-state index is 11.8. The van der Waals surface area contributed by atoms with Gasteiger partial charge in [-0.1, -0.05) is 72.8 Å². The fraction of sp³-hybridized carbons (Fsp3) is 0. The summed E-state index contributed by atoms with van der Waals surface area (Å²) < 4.78 is 0. The smallest absolute Gasteiger partial charge is 0.336 e. The number of nitrogens with zero attached hydrogens (tertiary/aromatic N) is 1. The van der Waals surface area contributed by atoms with Crippen LogP contribution in [0.15, 0.2) is 103 Å². The van der Waals surface area contributed by atoms with Crippen LogP contribution in [-0.2, 0) is 0 Å². The van der Waals surface area contributed by atoms with E-state index in [9.17, 15) is 9.90 Å². The Morgan fingerprint density at radius 2 is 1.25 bits per heavy atom. The molecule has 4 aromatic rings. The van der Waals surface area contributed by atoms with Crippen molar-refractivity contribution < 1.29 is 9.90 Å². The fourth-order valence-corrected chi connectivity index (χ4v) is 5.62. The standard InChI is InChI=1S/C24H18NO2P/c26-24(27)22-8-4-5-9-23(22)28(20-6-2-1-3-7-20)21-12-10-18(11-13-21)19-14-16-25-17-15-19/h1-17H,(H,26,27). The number of benzene rings is 3. The van der Waals surface area contributed by atoms with Crippen molar-refractivity contribution >= 4 is 29.8 Å². The molecular formula is C24H18NO2P. The fourth-order valence-electron chi connectivity index (χ4n) is 3.20. The molecule has 0 aliphatic carbocycles. The molecule has 0 saturated heterocycles. The molecule has 136 valence electrons. The lowest BCUT2D eigenvalue weighted by Crippen LogP contribution is -2.25. The summed E-state index contributed by atoms with van der Waals surface area (Å²) in [6, 6.07) is 29.8. The van der Waals surface area contributed by atoms with Gasteiger partial charge in [0.2, 0.25) is 0 Å². The highest BCUT2D eigenvalue weighted by atomic mass is 31.1. The molecule has 3 aromatic carbocycles. The lowest BCUT2D eigenvalue weighted by Gasteiger charge is -2.21. The first-order chi connectivity index (χ1) is 13.7. The molecule has 4 rings (SSSR count). The van der Waals surface area contributed by atoms with Crippen LogP contribution < -0.4 is 15.9 Å². The molecule has 28 heavy (non-hydrogen) atoms. The number of carboxylic acids is 1. The molecule has 0 aliphatic heterocycles. The summed E-state index contributed by atoms with van der Waals surface area (Å²) in [6.07, 6.45) is 3.56. The predicted octanol–water partition coefficient (Wildman–Crippen LogP) is 4.21. The van der Waals surface area contributed by atoms with E-state index in [0.717, 1.165) is 27.0 Å². The second-order valence-electron chi connectivity index (χ2n) is 6.28. The van der Waals surface area contributed by atoms with Crippen LogP contribution in [0.2, 0.25) is 0 Å². The zero-order valence-electron chi connectivity index (χ0n) is 15.1. The number of hydrogen-bond donors (Lipinski definition) is 1. The van der Waals surface area contributed by atoms with Crippen LogP contribution in [0.3, 0.4) is 0 Å². The molecule has 0 spiro atoms. The van der Waals surface area contributed by atoms with Gasteiger partial charge in [0.25, 0.3) is 0 Å². The summed E-state index contributed by atoms with van der Waals surface area (Å²) in [6.45, 7) is 0. The van der Waals surface area contributed by atoms with Gasteiger partial charge in [-0.25, -0.2) is 4.79 Å². The first-order valence-electron chi connectivity index (χ1n) is 8.92. The lowest BCUT2D eigenvalue weighted by atomic mass is 10.1. The zero-order chi connectivity index (χ0) is 19.3. The van der Waals surface area contributed by atoms with Crippen LogP contribution in [0.25, 0.3) is 11.1 Å². The highest BCUT2D eigenvalue weighted by molar-refractivity contribution is 7.80. The second-order valence-corrected chi connectivity index (χ2v) is 8.46. The van der Waals surface area contributed by atoms with Crippen LogP contribution in [0.1, 0.15) is 10.4 Å². The molecular weight excluding hydrogens is 365 g/mol. The number of hydrogen-bond acceptors (Lipinski definition) is 2. The molecule has 1 unspecified atom stereocenters. The molecule has 1 heterocycles. The van der Waals surface area contributed by atoms with Gasteiger partial charge in [0.05, 0.1) is 5.56 Å². The largest absolute Gasteiger partial charge is 0.478 e. The van der Waals surface area contributed by atoms with Crippen molar-refractivity contribution in [2.75, 3.05) is 0 Å². The Morgan fingerprint density at radius 1 is 0.679 bits per heavy atom. The molecule has 1 aromatic heterocycles. The molecule has 0 aliphatic rings. The Kier molecular flexibility index (Phi) is 5.27. The molecule has 0 bridgehead atoms. The minimum Gasteiger partial charge on any atom is -0.478 e. The Hall–Kier alpha value is -3.29. The minimum atomic E-state index is -0.974. The predicted molar refractivity (Wildman–Crippen MR) is 115 cm³/mol. The third kappa shape index (κ3) is 3.71. The van der Waals surface area contributed by atoms with Crippen LogP contribution in [0, 0.1) is 0 Å². The Bertz CT molecular complexity index is 1080. The van der Waals surface area contributed by atoms with Crippen molar-refractivity contribution in [3.63, 3.8) is 0 Å². The van der Waals surface area contributed by atoms with Gasteiger partial charge >= 0.3 is 5.97 Å². The summed E-state index contributed by atoms with van der Waals surface area (Å²) >= 11 is 0. The van der Waals surface area contributed by atoms with E-state index in [1.807, 2.05) is 42.5 Å². The molecule has 0 amide bonds. The first-order valence-corrected chi connectivity index (χ1v) is 10.3. The highest BCUT2D eigenvalue weighted by Gasteiger charge is 2.22. The quantitative estimate of drug-likeness (QED) is 0.526. The van der Waals surface area contributed by atoms with Gasteiger partial charge < -0.3 is 5.11 Å². The summed E-state index contributed by atoms with van der Waals surface area (Å²) in [4.78, 5) is 15.9. The van der Waals surface area contributed by atoms with Crippen LogP contribution in [-0.4, -0.2) is 16.1 Å². The highest BCUT2D eigenvalue weighted by Crippen LogP contribution is 2.34. The summed E-state index contributed by atoms with van der Waals surface area (Å²) in [7, 11) is -0.974. The topological polar surface area (TPSA) is 50.2 Å². The number of rotatable bonds is 5. The minimum absolute atomic E-state index is 0.357. The molecule has 3 nitrogen and oxygen atoms in total. The average molecular weight is 383 g/mol. The third-order valence-electron chi connectivity index (χ3n) is 4.53. The van der Waals surface area contributed by atoms with E-state index in [1.165, 1.54) is 0 Å². The molecule has 1 atom stereocenters. The number of carbonyl (C=O) groups is 1. The van der Waals surface area contributed by atoms with Gasteiger partial charge in [-0.15, -0.1) is 0 Å². The average Bonchev–Trinajstić information content (AvgIpc) is 2.76. The van der Waals surface area contributed by atoms with Gasteiger partial charge in [0.1, 0.15) is 0 Å². The number of aromatic nitrogens is 1. The summed E-state index contributed by atoms with van der Waals surface area (Å²) in [5.74, 6) is -0.896. The van der Waals surface area contributed by atoms with E-state index in [4.69, 9.17) is 0 Å². The molecule has 1 N–H and O–H groups in total. The summed E-state index contributed by atoms with van der Waals surface area (Å²) in [5.41, 5.74) is 2.58. The van der Waals surface area contributed by atoms with Gasteiger partial charge in [-0.05, 0) is 53.2 Å². The third-order valence-corrected chi connectivity index (χ3v) is 7.03. The van der Waals surface area contributed by atoms with Crippen LogP contribution in [0.4, 0.5) is 0 Å². The zero-order valence-corrected chi connectivity index (χ0v) is 16.0. The van der Waals surface area contributed by atoms with Gasteiger partial charge in [-0.2, -0.15) is 0 Å². The van der Waals surface area contributed by atoms with Crippen molar-refractivity contribution in [2.24, 2.45) is 0 Å². The maximum Gasteiger partial charge on any atom is 0.336 e. The van der Waals surface area contributed by atoms with Crippen molar-refractivity contribution in [1.29, 1.82) is 0 Å². The van der Waals surface area contributed by atoms with Crippen molar-refractivity contribution in [3.8, 4) is 11.1 Å². The van der Waals surface area contributed by atoms with E-state index in [1.54, 1.807) is 24.5 Å². The van der Waals surface area contributed by atoms with Crippen molar-refractivity contribution in [2.45, 2.75) is 0 Å². The van der Waals surface area contributed by atoms with Crippen LogP contribution in [0.5, 0.6) is 0 Å². The number of pyridine rings is 1. The second kappa shape index (κ2) is 8.16. The first kappa shape index (κ1) is 18.1. The number of aromatic carboxylic acids is 1. The molecule has 4 heteroatoms. The number of carboxylic acid groups (broad SMARTS) is 1. The molecule has 0 radical (unpaired) electrons. The Labute approximate surface area is 165 Å². The SMILES string of the molecule is O=C(O)c1ccccc1P(c1ccccc1)c1ccc(-c2ccncc2)cc1. The molecule has 0 fully saturated rings. The van der Waals surface area contributed by atoms with Crippen LogP contribution >= 0.6 is 7.92 Å². The Morgan fingerprint density at radius 3 is 1.93 bits per heavy atom. The van der Waals surface area contributed by atoms with E-state index in [2.05, 4.69) is 41.4 Å². The molecule has 0 saturated carbocycles. The Balaban J connectivity index is 1.83. The van der Waals surface area contributed by atoms with Crippen molar-refractivity contribution in [1.82, 2.24) is 4.98 Å². The summed E-state index contributed by atoms with van der Waals surface area (Å²) in [5, 5.41) is 12.8. The van der Waals surface area contributed by atoms with E-state index < -0.39 is 13.9 Å².